The summed E-state index contributed by atoms with van der Waals surface area (Å²) in [5.74, 6) is -0.955. The first-order chi connectivity index (χ1) is 13.7. The van der Waals surface area contributed by atoms with E-state index in [-0.39, 0.29) is 6.03 Å². The third-order valence-electron chi connectivity index (χ3n) is 4.87. The Morgan fingerprint density at radius 3 is 1.72 bits per heavy atom. The number of anilines is 2. The monoisotopic (exact) mass is 423 g/mol. The maximum atomic E-state index is 12.4. The Hall–Kier alpha value is -2.82. The molecule has 2 saturated heterocycles. The van der Waals surface area contributed by atoms with Gasteiger partial charge < -0.3 is 20.0 Å². The first-order valence-electron chi connectivity index (χ1n) is 9.45. The van der Waals surface area contributed by atoms with Crippen LogP contribution < -0.4 is 10.0 Å². The number of piperazine rings is 1. The highest BCUT2D eigenvalue weighted by Crippen LogP contribution is 2.16. The van der Waals surface area contributed by atoms with Gasteiger partial charge >= 0.3 is 17.8 Å². The Morgan fingerprint density at radius 2 is 1.21 bits per heavy atom. The van der Waals surface area contributed by atoms with Crippen molar-refractivity contribution >= 4 is 39.2 Å². The number of benzene rings is 1. The van der Waals surface area contributed by atoms with Crippen molar-refractivity contribution in [2.75, 3.05) is 55.6 Å². The van der Waals surface area contributed by atoms with E-state index in [1.54, 1.807) is 34.1 Å². The average molecular weight is 423 g/mol. The number of hydrogen-bond acceptors (Lipinski definition) is 5. The molecule has 0 saturated carbocycles. The second-order valence-corrected chi connectivity index (χ2v) is 8.91. The molecule has 10 nitrogen and oxygen atoms in total. The van der Waals surface area contributed by atoms with Crippen LogP contribution in [0.2, 0.25) is 0 Å². The van der Waals surface area contributed by atoms with Crippen molar-refractivity contribution in [3.05, 3.63) is 24.3 Å². The van der Waals surface area contributed by atoms with E-state index in [2.05, 4.69) is 10.0 Å². The zero-order valence-electron chi connectivity index (χ0n) is 16.3. The second kappa shape index (κ2) is 8.68. The molecule has 0 spiro atoms. The van der Waals surface area contributed by atoms with Crippen LogP contribution in [0.1, 0.15) is 12.8 Å². The zero-order valence-corrected chi connectivity index (χ0v) is 17.1. The highest BCUT2D eigenvalue weighted by Gasteiger charge is 2.31. The molecule has 1 aromatic carbocycles. The highest BCUT2D eigenvalue weighted by molar-refractivity contribution is 7.92. The van der Waals surface area contributed by atoms with Crippen LogP contribution in [0, 0.1) is 0 Å². The van der Waals surface area contributed by atoms with Crippen LogP contribution in [-0.4, -0.2) is 86.5 Å². The third kappa shape index (κ3) is 5.59. The second-order valence-electron chi connectivity index (χ2n) is 7.16. The van der Waals surface area contributed by atoms with E-state index in [1.807, 2.05) is 0 Å². The molecule has 0 radical (unpaired) electrons. The molecule has 11 heteroatoms. The summed E-state index contributed by atoms with van der Waals surface area (Å²) in [6, 6.07) is 5.99. The molecule has 2 aliphatic heterocycles. The fourth-order valence-electron chi connectivity index (χ4n) is 3.34. The van der Waals surface area contributed by atoms with Crippen LogP contribution in [0.5, 0.6) is 0 Å². The van der Waals surface area contributed by atoms with Gasteiger partial charge in [-0.05, 0) is 37.1 Å². The van der Waals surface area contributed by atoms with Crippen LogP contribution >= 0.6 is 0 Å². The van der Waals surface area contributed by atoms with Crippen molar-refractivity contribution in [3.63, 3.8) is 0 Å². The van der Waals surface area contributed by atoms with E-state index in [9.17, 15) is 22.8 Å². The first kappa shape index (κ1) is 20.9. The van der Waals surface area contributed by atoms with Gasteiger partial charge in [0.25, 0.3) is 0 Å². The van der Waals surface area contributed by atoms with Crippen molar-refractivity contribution in [2.45, 2.75) is 12.8 Å². The minimum Gasteiger partial charge on any atom is -0.334 e. The van der Waals surface area contributed by atoms with Crippen LogP contribution in [0.4, 0.5) is 16.2 Å². The van der Waals surface area contributed by atoms with Gasteiger partial charge in [0.1, 0.15) is 0 Å². The van der Waals surface area contributed by atoms with Crippen molar-refractivity contribution < 1.29 is 22.8 Å². The van der Waals surface area contributed by atoms with Crippen LogP contribution in [0.3, 0.4) is 0 Å². The summed E-state index contributed by atoms with van der Waals surface area (Å²) < 4.78 is 24.8. The summed E-state index contributed by atoms with van der Waals surface area (Å²) in [7, 11) is -3.36. The minimum atomic E-state index is -3.36. The predicted octanol–water partition coefficient (Wildman–Crippen LogP) is 0.357. The maximum absolute atomic E-state index is 12.4. The van der Waals surface area contributed by atoms with E-state index >= 15 is 0 Å². The SMILES string of the molecule is CS(=O)(=O)Nc1ccc(NC(=O)N2CCN(C(=O)C(=O)N3CCCC3)CC2)cc1. The lowest BCUT2D eigenvalue weighted by atomic mass is 10.3. The highest BCUT2D eigenvalue weighted by atomic mass is 32.2. The van der Waals surface area contributed by atoms with Crippen LogP contribution in [0.25, 0.3) is 0 Å². The predicted molar refractivity (Wildman–Crippen MR) is 108 cm³/mol. The standard InChI is InChI=1S/C18H25N5O5S/c1-29(27,28)20-15-6-4-14(5-7-15)19-18(26)23-12-10-22(11-13-23)17(25)16(24)21-8-2-3-9-21/h4-7,20H,2-3,8-13H2,1H3,(H,19,26). The maximum Gasteiger partial charge on any atom is 0.321 e. The molecule has 3 rings (SSSR count). The van der Waals surface area contributed by atoms with Gasteiger partial charge in [0.2, 0.25) is 10.0 Å². The Balaban J connectivity index is 1.48. The molecule has 0 aromatic heterocycles. The van der Waals surface area contributed by atoms with E-state index in [1.165, 1.54) is 4.90 Å². The number of rotatable bonds is 3. The van der Waals surface area contributed by atoms with Gasteiger partial charge in [0.15, 0.2) is 0 Å². The molecule has 2 N–H and O–H groups in total. The lowest BCUT2D eigenvalue weighted by Gasteiger charge is -2.34. The number of sulfonamides is 1. The lowest BCUT2D eigenvalue weighted by Crippen LogP contribution is -2.54. The van der Waals surface area contributed by atoms with Crippen molar-refractivity contribution in [1.29, 1.82) is 0 Å². The Kier molecular flexibility index (Phi) is 6.26. The largest absolute Gasteiger partial charge is 0.334 e. The smallest absolute Gasteiger partial charge is 0.321 e. The Labute approximate surface area is 169 Å². The molecule has 0 unspecified atom stereocenters. The van der Waals surface area contributed by atoms with Crippen molar-refractivity contribution in [1.82, 2.24) is 14.7 Å². The van der Waals surface area contributed by atoms with Crippen molar-refractivity contribution in [2.24, 2.45) is 0 Å². The number of nitrogens with zero attached hydrogens (tertiary/aromatic N) is 3. The summed E-state index contributed by atoms with van der Waals surface area (Å²) in [5, 5.41) is 2.74. The molecule has 1 aromatic rings. The Bertz CT molecular complexity index is 872. The zero-order chi connectivity index (χ0) is 21.0. The van der Waals surface area contributed by atoms with Gasteiger partial charge in [-0.2, -0.15) is 0 Å². The average Bonchev–Trinajstić information content (AvgIpc) is 3.22. The van der Waals surface area contributed by atoms with Gasteiger partial charge in [0, 0.05) is 50.6 Å². The molecular formula is C18H25N5O5S. The molecule has 158 valence electrons. The summed E-state index contributed by atoms with van der Waals surface area (Å²) >= 11 is 0. The number of nitrogens with one attached hydrogen (secondary N) is 2. The summed E-state index contributed by atoms with van der Waals surface area (Å²) in [6.45, 7) is 2.54. The number of hydrogen-bond donors (Lipinski definition) is 2. The number of amides is 4. The van der Waals surface area contributed by atoms with Gasteiger partial charge in [-0.3, -0.25) is 14.3 Å². The summed E-state index contributed by atoms with van der Waals surface area (Å²) in [5.41, 5.74) is 0.928. The number of likely N-dealkylation sites (tertiary alicyclic amines) is 1. The summed E-state index contributed by atoms with van der Waals surface area (Å²) in [4.78, 5) is 41.6. The molecule has 0 aliphatic carbocycles. The first-order valence-corrected chi connectivity index (χ1v) is 11.3. The van der Waals surface area contributed by atoms with Crippen molar-refractivity contribution in [3.8, 4) is 0 Å². The molecule has 4 amide bonds. The molecule has 0 atom stereocenters. The quantitative estimate of drug-likeness (QED) is 0.681. The fourth-order valence-corrected chi connectivity index (χ4v) is 3.91. The van der Waals surface area contributed by atoms with E-state index in [0.717, 1.165) is 19.1 Å². The molecular weight excluding hydrogens is 398 g/mol. The lowest BCUT2D eigenvalue weighted by molar-refractivity contribution is -0.152. The third-order valence-corrected chi connectivity index (χ3v) is 5.48. The van der Waals surface area contributed by atoms with E-state index in [0.29, 0.717) is 50.6 Å². The Morgan fingerprint density at radius 1 is 0.759 bits per heavy atom. The van der Waals surface area contributed by atoms with E-state index < -0.39 is 21.8 Å². The van der Waals surface area contributed by atoms with Gasteiger partial charge in [-0.1, -0.05) is 0 Å². The fraction of sp³-hybridized carbons (Fsp3) is 0.500. The van der Waals surface area contributed by atoms with Crippen LogP contribution in [0.15, 0.2) is 24.3 Å². The molecule has 0 bridgehead atoms. The number of urea groups is 1. The molecule has 2 heterocycles. The molecule has 29 heavy (non-hydrogen) atoms. The number of carbonyl (C=O) groups is 3. The van der Waals surface area contributed by atoms with Gasteiger partial charge in [-0.25, -0.2) is 13.2 Å². The molecule has 2 fully saturated rings. The molecule has 2 aliphatic rings. The summed E-state index contributed by atoms with van der Waals surface area (Å²) in [6.07, 6.45) is 2.92. The van der Waals surface area contributed by atoms with Crippen LogP contribution in [-0.2, 0) is 19.6 Å². The normalized spacial score (nSPS) is 17.2. The van der Waals surface area contributed by atoms with E-state index in [4.69, 9.17) is 0 Å². The van der Waals surface area contributed by atoms with Gasteiger partial charge in [0.05, 0.1) is 6.26 Å². The van der Waals surface area contributed by atoms with Gasteiger partial charge in [-0.15, -0.1) is 0 Å². The number of carbonyl (C=O) groups excluding carboxylic acids is 3. The minimum absolute atomic E-state index is 0.309. The topological polar surface area (TPSA) is 119 Å².